The van der Waals surface area contributed by atoms with Crippen molar-refractivity contribution in [2.24, 2.45) is 5.73 Å². The highest BCUT2D eigenvalue weighted by Gasteiger charge is 2.32. The number of hydrogen-bond donors (Lipinski definition) is 1. The van der Waals surface area contributed by atoms with E-state index in [1.54, 1.807) is 0 Å². The molecule has 0 aromatic carbocycles. The normalized spacial score (nSPS) is 18.4. The second kappa shape index (κ2) is 5.94. The van der Waals surface area contributed by atoms with Crippen molar-refractivity contribution in [2.75, 3.05) is 26.2 Å². The third-order valence-corrected chi connectivity index (χ3v) is 4.38. The van der Waals surface area contributed by atoms with Gasteiger partial charge in [0.15, 0.2) is 0 Å². The fourth-order valence-electron chi connectivity index (χ4n) is 2.34. The minimum Gasteiger partial charge on any atom is -0.392 e. The Bertz CT molecular complexity index is 424. The zero-order valence-corrected chi connectivity index (χ0v) is 12.5. The molecule has 0 unspecified atom stereocenters. The van der Waals surface area contributed by atoms with E-state index in [-0.39, 0.29) is 5.54 Å². The summed E-state index contributed by atoms with van der Waals surface area (Å²) in [4.78, 5) is 9.74. The molecule has 19 heavy (non-hydrogen) atoms. The molecule has 1 aliphatic heterocycles. The molecule has 0 saturated carbocycles. The van der Waals surface area contributed by atoms with Crippen molar-refractivity contribution < 1.29 is 0 Å². The van der Waals surface area contributed by atoms with Crippen LogP contribution in [0, 0.1) is 0 Å². The zero-order chi connectivity index (χ0) is 13.9. The largest absolute Gasteiger partial charge is 0.392 e. The Morgan fingerprint density at radius 1 is 1.32 bits per heavy atom. The van der Waals surface area contributed by atoms with Crippen molar-refractivity contribution in [3.8, 4) is 0 Å². The molecule has 1 aromatic heterocycles. The summed E-state index contributed by atoms with van der Waals surface area (Å²) in [5.74, 6) is 0. The average Bonchev–Trinajstić information content (AvgIpc) is 2.40. The van der Waals surface area contributed by atoms with Gasteiger partial charge in [-0.05, 0) is 26.0 Å². The Hall–Kier alpha value is -1.04. The van der Waals surface area contributed by atoms with E-state index in [9.17, 15) is 0 Å². The van der Waals surface area contributed by atoms with Crippen LogP contribution in [0.4, 0.5) is 0 Å². The summed E-state index contributed by atoms with van der Waals surface area (Å²) in [7, 11) is 0. The molecule has 1 saturated heterocycles. The fraction of sp³-hybridized carbons (Fsp3) is 0.571. The zero-order valence-electron chi connectivity index (χ0n) is 11.7. The summed E-state index contributed by atoms with van der Waals surface area (Å²) in [5.41, 5.74) is 6.77. The fourth-order valence-corrected chi connectivity index (χ4v) is 2.47. The quantitative estimate of drug-likeness (QED) is 0.840. The molecule has 4 nitrogen and oxygen atoms in total. The van der Waals surface area contributed by atoms with Gasteiger partial charge in [0.1, 0.15) is 0 Å². The van der Waals surface area contributed by atoms with Gasteiger partial charge < -0.3 is 5.73 Å². The molecule has 0 amide bonds. The summed E-state index contributed by atoms with van der Waals surface area (Å²) >= 11 is 5.16. The molecule has 1 aliphatic rings. The molecule has 0 radical (unpaired) electrons. The predicted octanol–water partition coefficient (Wildman–Crippen LogP) is 1.26. The van der Waals surface area contributed by atoms with Crippen LogP contribution in [0.1, 0.15) is 19.5 Å². The number of aromatic nitrogens is 1. The van der Waals surface area contributed by atoms with Crippen LogP contribution in [0.25, 0.3) is 0 Å². The summed E-state index contributed by atoms with van der Waals surface area (Å²) in [6.07, 6.45) is 1.85. The summed E-state index contributed by atoms with van der Waals surface area (Å²) in [6.45, 7) is 9.18. The lowest BCUT2D eigenvalue weighted by atomic mass is 10.0. The van der Waals surface area contributed by atoms with Crippen molar-refractivity contribution >= 4 is 17.2 Å². The standard InChI is InChI=1S/C14H22N4S/c1-14(2,13(15)19)18-9-7-17(8-10-18)11-12-5-3-4-6-16-12/h3-6H,7-11H2,1-2H3,(H2,15,19). The van der Waals surface area contributed by atoms with Crippen LogP contribution in [-0.2, 0) is 6.54 Å². The van der Waals surface area contributed by atoms with Crippen LogP contribution in [0.15, 0.2) is 24.4 Å². The second-order valence-corrected chi connectivity index (χ2v) is 5.95. The van der Waals surface area contributed by atoms with Crippen LogP contribution in [0.2, 0.25) is 0 Å². The topological polar surface area (TPSA) is 45.4 Å². The highest BCUT2D eigenvalue weighted by molar-refractivity contribution is 7.80. The predicted molar refractivity (Wildman–Crippen MR) is 82.0 cm³/mol. The third-order valence-electron chi connectivity index (χ3n) is 3.88. The van der Waals surface area contributed by atoms with Gasteiger partial charge in [-0.2, -0.15) is 0 Å². The van der Waals surface area contributed by atoms with Crippen LogP contribution >= 0.6 is 12.2 Å². The highest BCUT2D eigenvalue weighted by Crippen LogP contribution is 2.18. The van der Waals surface area contributed by atoms with Gasteiger partial charge in [0.25, 0.3) is 0 Å². The van der Waals surface area contributed by atoms with Crippen molar-refractivity contribution in [2.45, 2.75) is 25.9 Å². The first-order chi connectivity index (χ1) is 9.00. The maximum atomic E-state index is 5.83. The monoisotopic (exact) mass is 278 g/mol. The minimum absolute atomic E-state index is 0.188. The number of rotatable bonds is 4. The van der Waals surface area contributed by atoms with Crippen molar-refractivity contribution in [1.29, 1.82) is 0 Å². The van der Waals surface area contributed by atoms with Crippen molar-refractivity contribution in [1.82, 2.24) is 14.8 Å². The van der Waals surface area contributed by atoms with Gasteiger partial charge in [0, 0.05) is 38.9 Å². The Balaban J connectivity index is 1.88. The minimum atomic E-state index is -0.188. The van der Waals surface area contributed by atoms with Crippen LogP contribution in [0.3, 0.4) is 0 Å². The molecule has 0 bridgehead atoms. The highest BCUT2D eigenvalue weighted by atomic mass is 32.1. The molecular weight excluding hydrogens is 256 g/mol. The summed E-state index contributed by atoms with van der Waals surface area (Å²) in [6, 6.07) is 6.06. The number of thiocarbonyl (C=S) groups is 1. The molecule has 5 heteroatoms. The maximum absolute atomic E-state index is 5.83. The Morgan fingerprint density at radius 2 is 2.00 bits per heavy atom. The Kier molecular flexibility index (Phi) is 4.50. The van der Waals surface area contributed by atoms with Crippen LogP contribution in [-0.4, -0.2) is 51.5 Å². The van der Waals surface area contributed by atoms with E-state index in [2.05, 4.69) is 34.7 Å². The van der Waals surface area contributed by atoms with Gasteiger partial charge in [-0.15, -0.1) is 0 Å². The van der Waals surface area contributed by atoms with Gasteiger partial charge in [-0.3, -0.25) is 14.8 Å². The summed E-state index contributed by atoms with van der Waals surface area (Å²) in [5, 5.41) is 0. The molecule has 1 fully saturated rings. The lowest BCUT2D eigenvalue weighted by molar-refractivity contribution is 0.0815. The number of nitrogens with two attached hydrogens (primary N) is 1. The van der Waals surface area contributed by atoms with Gasteiger partial charge in [-0.25, -0.2) is 0 Å². The molecule has 2 N–H and O–H groups in total. The van der Waals surface area contributed by atoms with E-state index < -0.39 is 0 Å². The number of nitrogens with zero attached hydrogens (tertiary/aromatic N) is 3. The molecule has 2 heterocycles. The first-order valence-corrected chi connectivity index (χ1v) is 7.08. The lowest BCUT2D eigenvalue weighted by Crippen LogP contribution is -2.59. The smallest absolute Gasteiger partial charge is 0.0928 e. The van der Waals surface area contributed by atoms with E-state index in [1.165, 1.54) is 0 Å². The van der Waals surface area contributed by atoms with Crippen LogP contribution < -0.4 is 5.73 Å². The van der Waals surface area contributed by atoms with Gasteiger partial charge in [0.05, 0.1) is 16.2 Å². The van der Waals surface area contributed by atoms with E-state index in [1.807, 2.05) is 18.3 Å². The molecule has 0 aliphatic carbocycles. The van der Waals surface area contributed by atoms with Gasteiger partial charge >= 0.3 is 0 Å². The Morgan fingerprint density at radius 3 is 2.53 bits per heavy atom. The molecule has 2 rings (SSSR count). The first-order valence-electron chi connectivity index (χ1n) is 6.67. The maximum Gasteiger partial charge on any atom is 0.0928 e. The molecule has 0 spiro atoms. The van der Waals surface area contributed by atoms with E-state index in [0.717, 1.165) is 38.4 Å². The Labute approximate surface area is 120 Å². The molecule has 1 aromatic rings. The molecule has 104 valence electrons. The van der Waals surface area contributed by atoms with Gasteiger partial charge in [-0.1, -0.05) is 18.3 Å². The van der Waals surface area contributed by atoms with Gasteiger partial charge in [0.2, 0.25) is 0 Å². The summed E-state index contributed by atoms with van der Waals surface area (Å²) < 4.78 is 0. The number of hydrogen-bond acceptors (Lipinski definition) is 4. The van der Waals surface area contributed by atoms with E-state index in [0.29, 0.717) is 4.99 Å². The lowest BCUT2D eigenvalue weighted by Gasteiger charge is -2.43. The SMILES string of the molecule is CC(C)(C(N)=S)N1CCN(Cc2ccccn2)CC1. The van der Waals surface area contributed by atoms with E-state index >= 15 is 0 Å². The molecule has 0 atom stereocenters. The van der Waals surface area contributed by atoms with Crippen molar-refractivity contribution in [3.63, 3.8) is 0 Å². The second-order valence-electron chi connectivity index (χ2n) is 5.51. The number of piperazine rings is 1. The van der Waals surface area contributed by atoms with E-state index in [4.69, 9.17) is 18.0 Å². The van der Waals surface area contributed by atoms with Crippen molar-refractivity contribution in [3.05, 3.63) is 30.1 Å². The first kappa shape index (κ1) is 14.4. The average molecular weight is 278 g/mol. The van der Waals surface area contributed by atoms with Crippen LogP contribution in [0.5, 0.6) is 0 Å². The molecular formula is C14H22N4S. The number of pyridine rings is 1. The third kappa shape index (κ3) is 3.49.